The van der Waals surface area contributed by atoms with Crippen molar-refractivity contribution in [2.24, 2.45) is 0 Å². The van der Waals surface area contributed by atoms with E-state index in [4.69, 9.17) is 4.74 Å². The van der Waals surface area contributed by atoms with Gasteiger partial charge in [0.25, 0.3) is 10.0 Å². The Labute approximate surface area is 232 Å². The minimum atomic E-state index is -3.97. The zero-order valence-electron chi connectivity index (χ0n) is 20.6. The van der Waals surface area contributed by atoms with Gasteiger partial charge in [0.1, 0.15) is 18.1 Å². The molecular weight excluding hydrogens is 534 g/mol. The Balaban J connectivity index is 0.00000231. The van der Waals surface area contributed by atoms with E-state index in [9.17, 15) is 13.7 Å². The lowest BCUT2D eigenvalue weighted by molar-refractivity contribution is 0.480. The van der Waals surface area contributed by atoms with E-state index in [0.717, 1.165) is 46.0 Å². The number of pyridine rings is 2. The molecule has 2 aromatic carbocycles. The lowest BCUT2D eigenvalue weighted by atomic mass is 10.0. The fraction of sp³-hybridized carbons (Fsp3) is 0.0741. The highest BCUT2D eigenvalue weighted by Crippen LogP contribution is 2.37. The van der Waals surface area contributed by atoms with Crippen LogP contribution >= 0.6 is 11.5 Å². The summed E-state index contributed by atoms with van der Waals surface area (Å²) >= 11 is 0.906. The quantitative estimate of drug-likeness (QED) is 0.245. The molecule has 0 aliphatic heterocycles. The van der Waals surface area contributed by atoms with Crippen LogP contribution in [0.3, 0.4) is 0 Å². The van der Waals surface area contributed by atoms with Crippen molar-refractivity contribution in [2.75, 3.05) is 11.8 Å². The summed E-state index contributed by atoms with van der Waals surface area (Å²) in [5, 5.41) is 13.1. The van der Waals surface area contributed by atoms with E-state index in [1.165, 1.54) is 24.5 Å². The summed E-state index contributed by atoms with van der Waals surface area (Å²) in [5.74, 6) is 0.587. The molecule has 0 spiro atoms. The van der Waals surface area contributed by atoms with Crippen LogP contribution in [0.4, 0.5) is 5.13 Å². The van der Waals surface area contributed by atoms with Crippen LogP contribution in [-0.4, -0.2) is 34.8 Å². The Morgan fingerprint density at radius 1 is 1.03 bits per heavy atom. The first-order chi connectivity index (χ1) is 19.0. The number of hydrogen-bond donors (Lipinski definition) is 2. The summed E-state index contributed by atoms with van der Waals surface area (Å²) in [6.45, 7) is 0.727. The third-order valence-electron chi connectivity index (χ3n) is 5.65. The number of nitriles is 1. The highest BCUT2D eigenvalue weighted by atomic mass is 32.2. The maximum Gasteiger partial charge on any atom is 0.263 e. The third kappa shape index (κ3) is 5.91. The molecule has 12 heteroatoms. The van der Waals surface area contributed by atoms with Crippen LogP contribution < -0.4 is 14.8 Å². The van der Waals surface area contributed by atoms with E-state index >= 15 is 0 Å². The first kappa shape index (κ1) is 25.9. The van der Waals surface area contributed by atoms with Crippen molar-refractivity contribution in [3.63, 3.8) is 0 Å². The van der Waals surface area contributed by atoms with Crippen molar-refractivity contribution in [1.82, 2.24) is 24.6 Å². The molecule has 0 bridgehead atoms. The van der Waals surface area contributed by atoms with E-state index in [2.05, 4.69) is 35.4 Å². The predicted molar refractivity (Wildman–Crippen MR) is 152 cm³/mol. The van der Waals surface area contributed by atoms with Gasteiger partial charge in [-0.1, -0.05) is 18.2 Å². The smallest absolute Gasteiger partial charge is 0.263 e. The molecule has 0 aliphatic carbocycles. The molecule has 0 radical (unpaired) electrons. The molecule has 0 aliphatic rings. The van der Waals surface area contributed by atoms with Gasteiger partial charge in [-0.2, -0.15) is 9.64 Å². The number of ether oxygens (including phenoxy) is 1. The molecule has 0 unspecified atom stereocenters. The van der Waals surface area contributed by atoms with Crippen molar-refractivity contribution >= 4 is 26.7 Å². The minimum Gasteiger partial charge on any atom is -0.454 e. The van der Waals surface area contributed by atoms with Gasteiger partial charge in [0, 0.05) is 44.5 Å². The van der Waals surface area contributed by atoms with Crippen molar-refractivity contribution in [1.29, 1.82) is 5.26 Å². The van der Waals surface area contributed by atoms with Gasteiger partial charge in [-0.25, -0.2) is 13.4 Å². The van der Waals surface area contributed by atoms with Crippen LogP contribution in [0.2, 0.25) is 0 Å². The van der Waals surface area contributed by atoms with Gasteiger partial charge in [-0.3, -0.25) is 14.7 Å². The second kappa shape index (κ2) is 11.4. The molecule has 10 nitrogen and oxygen atoms in total. The number of nitrogens with one attached hydrogen (secondary N) is 2. The number of hydrogen-bond acceptors (Lipinski definition) is 10. The van der Waals surface area contributed by atoms with Gasteiger partial charge in [0.15, 0.2) is 5.75 Å². The Morgan fingerprint density at radius 2 is 1.87 bits per heavy atom. The SMILES string of the molecule is CNCc1cccc(-c2cc(-c3ccncc3)c(Oc3ccc(S(=O)(=O)Nc4ncns4)cc3C#N)cn2)c1.[HH].[HH]. The summed E-state index contributed by atoms with van der Waals surface area (Å²) in [6, 6.07) is 19.8. The monoisotopic (exact) mass is 559 g/mol. The van der Waals surface area contributed by atoms with Gasteiger partial charge in [0.2, 0.25) is 5.13 Å². The van der Waals surface area contributed by atoms with Gasteiger partial charge >= 0.3 is 0 Å². The van der Waals surface area contributed by atoms with Gasteiger partial charge in [-0.05, 0) is 60.6 Å². The van der Waals surface area contributed by atoms with E-state index in [1.807, 2.05) is 49.5 Å². The molecule has 0 saturated carbocycles. The molecule has 2 N–H and O–H groups in total. The second-order valence-corrected chi connectivity index (χ2v) is 10.7. The first-order valence-corrected chi connectivity index (χ1v) is 13.9. The Kier molecular flexibility index (Phi) is 7.55. The van der Waals surface area contributed by atoms with Crippen LogP contribution in [0.1, 0.15) is 14.0 Å². The summed E-state index contributed by atoms with van der Waals surface area (Å²) in [7, 11) is -2.08. The number of anilines is 1. The molecule has 0 fully saturated rings. The van der Waals surface area contributed by atoms with Crippen LogP contribution in [-0.2, 0) is 16.6 Å². The standard InChI is InChI=1S/C27H21N7O3S2.2H2/c1-29-15-18-3-2-4-20(11-18)24-13-23(19-7-9-30-10-8-19)26(16-31-24)37-25-6-5-22(12-21(25)14-28)39(35,36)34-27-32-17-33-38-27;;/h2-13,16-17,29H,15H2,1H3,(H,32,33,34);2*1H. The molecule has 5 rings (SSSR count). The lowest BCUT2D eigenvalue weighted by Crippen LogP contribution is -2.13. The van der Waals surface area contributed by atoms with Crippen molar-refractivity contribution in [3.05, 3.63) is 96.7 Å². The van der Waals surface area contributed by atoms with E-state index in [0.29, 0.717) is 5.75 Å². The maximum atomic E-state index is 12.8. The molecular formula is C27H25N7O3S2. The van der Waals surface area contributed by atoms with Crippen molar-refractivity contribution < 1.29 is 16.0 Å². The molecule has 0 amide bonds. The Bertz CT molecular complexity index is 1770. The third-order valence-corrected chi connectivity index (χ3v) is 7.69. The van der Waals surface area contributed by atoms with Crippen LogP contribution in [0.25, 0.3) is 22.4 Å². The number of nitrogens with zero attached hydrogens (tertiary/aromatic N) is 5. The van der Waals surface area contributed by atoms with Crippen LogP contribution in [0.5, 0.6) is 11.5 Å². The zero-order chi connectivity index (χ0) is 27.2. The largest absolute Gasteiger partial charge is 0.454 e. The minimum absolute atomic E-state index is 0. The Hall–Kier alpha value is -4.70. The molecule has 5 aromatic rings. The van der Waals surface area contributed by atoms with Crippen molar-refractivity contribution in [2.45, 2.75) is 11.4 Å². The average Bonchev–Trinajstić information content (AvgIpc) is 3.46. The summed E-state index contributed by atoms with van der Waals surface area (Å²) in [6.07, 6.45) is 6.20. The topological polar surface area (TPSA) is 143 Å². The first-order valence-electron chi connectivity index (χ1n) is 11.6. The maximum absolute atomic E-state index is 12.8. The number of aromatic nitrogens is 4. The highest BCUT2D eigenvalue weighted by molar-refractivity contribution is 7.93. The lowest BCUT2D eigenvalue weighted by Gasteiger charge is -2.15. The second-order valence-electron chi connectivity index (χ2n) is 8.26. The van der Waals surface area contributed by atoms with E-state index in [1.54, 1.807) is 18.6 Å². The summed E-state index contributed by atoms with van der Waals surface area (Å²) in [5.41, 5.74) is 4.43. The van der Waals surface area contributed by atoms with Gasteiger partial charge in [-0.15, -0.1) is 0 Å². The van der Waals surface area contributed by atoms with E-state index in [-0.39, 0.29) is 24.2 Å². The molecule has 198 valence electrons. The van der Waals surface area contributed by atoms with Crippen LogP contribution in [0, 0.1) is 11.3 Å². The fourth-order valence-corrected chi connectivity index (χ4v) is 5.53. The van der Waals surface area contributed by atoms with E-state index < -0.39 is 10.0 Å². The summed E-state index contributed by atoms with van der Waals surface area (Å²) in [4.78, 5) is 12.5. The number of rotatable bonds is 9. The Morgan fingerprint density at radius 3 is 2.62 bits per heavy atom. The zero-order valence-corrected chi connectivity index (χ0v) is 22.2. The molecule has 39 heavy (non-hydrogen) atoms. The molecule has 0 atom stereocenters. The molecule has 3 aromatic heterocycles. The van der Waals surface area contributed by atoms with Gasteiger partial charge < -0.3 is 10.1 Å². The normalized spacial score (nSPS) is 11.1. The van der Waals surface area contributed by atoms with Gasteiger partial charge in [0.05, 0.1) is 22.3 Å². The highest BCUT2D eigenvalue weighted by Gasteiger charge is 2.20. The summed E-state index contributed by atoms with van der Waals surface area (Å²) < 4.78 is 37.8. The number of benzene rings is 2. The fourth-order valence-electron chi connectivity index (χ4n) is 3.85. The number of sulfonamides is 1. The molecule has 3 heterocycles. The van der Waals surface area contributed by atoms with Crippen LogP contribution in [0.15, 0.2) is 90.5 Å². The van der Waals surface area contributed by atoms with Crippen molar-refractivity contribution in [3.8, 4) is 40.0 Å². The molecule has 0 saturated heterocycles. The average molecular weight is 560 g/mol. The predicted octanol–water partition coefficient (Wildman–Crippen LogP) is 5.34.